The van der Waals surface area contributed by atoms with Crippen molar-refractivity contribution in [1.82, 2.24) is 0 Å². The third-order valence-corrected chi connectivity index (χ3v) is 9.05. The molecule has 3 heteroatoms. The zero-order chi connectivity index (χ0) is 16.6. The van der Waals surface area contributed by atoms with E-state index in [1.54, 1.807) is 6.92 Å². The molecule has 0 spiro atoms. The second kappa shape index (κ2) is 5.22. The van der Waals surface area contributed by atoms with Crippen LogP contribution in [0.15, 0.2) is 0 Å². The van der Waals surface area contributed by atoms with E-state index in [9.17, 15) is 9.90 Å². The third-order valence-electron chi connectivity index (χ3n) is 9.05. The summed E-state index contributed by atoms with van der Waals surface area (Å²) < 4.78 is 5.74. The lowest BCUT2D eigenvalue weighted by atomic mass is 9.50. The van der Waals surface area contributed by atoms with Gasteiger partial charge in [0.25, 0.3) is 0 Å². The Morgan fingerprint density at radius 1 is 1.00 bits per heavy atom. The minimum absolute atomic E-state index is 0.00137. The standard InChI is InChI=1S/C21H32O3/c1-11(22)24-19-6-5-17-13-4-3-12-9-18(23)15-10-16(15)20(12)14(13)7-8-21(17,19)2/h12-20,23H,3-10H2,1-2H3/t12?,13-,14+,15+,16-,17?,18-,19+,20+,21+/m1/s1. The Bertz CT molecular complexity index is 545. The second-order valence-electron chi connectivity index (χ2n) is 9.94. The van der Waals surface area contributed by atoms with E-state index in [1.807, 2.05) is 0 Å². The summed E-state index contributed by atoms with van der Waals surface area (Å²) in [6, 6.07) is 0. The van der Waals surface area contributed by atoms with E-state index in [0.29, 0.717) is 5.92 Å². The highest BCUT2D eigenvalue weighted by Gasteiger charge is 2.63. The lowest BCUT2D eigenvalue weighted by Crippen LogP contribution is -2.51. The zero-order valence-corrected chi connectivity index (χ0v) is 15.1. The molecule has 0 aromatic carbocycles. The minimum atomic E-state index is -0.102. The van der Waals surface area contributed by atoms with Gasteiger partial charge < -0.3 is 9.84 Å². The molecule has 0 amide bonds. The zero-order valence-electron chi connectivity index (χ0n) is 15.1. The number of carbonyl (C=O) groups is 1. The van der Waals surface area contributed by atoms with Gasteiger partial charge in [-0.3, -0.25) is 4.79 Å². The van der Waals surface area contributed by atoms with Crippen LogP contribution < -0.4 is 0 Å². The maximum absolute atomic E-state index is 11.5. The Morgan fingerprint density at radius 3 is 2.62 bits per heavy atom. The Balaban J connectivity index is 1.38. The van der Waals surface area contributed by atoms with Crippen molar-refractivity contribution >= 4 is 5.97 Å². The molecule has 1 N–H and O–H groups in total. The van der Waals surface area contributed by atoms with Crippen LogP contribution in [0.25, 0.3) is 0 Å². The molecule has 2 unspecified atom stereocenters. The number of aliphatic hydroxyl groups excluding tert-OH is 1. The SMILES string of the molecule is CC(=O)O[C@H]1CCC2[C@@H]3CCC4C[C@@H](O)[C@H]5C[C@H]5[C@@H]4[C@H]3CC[C@@]21C. The van der Waals surface area contributed by atoms with Crippen LogP contribution in [0.1, 0.15) is 65.2 Å². The lowest BCUT2D eigenvalue weighted by Gasteiger charge is -2.55. The predicted molar refractivity (Wildman–Crippen MR) is 91.0 cm³/mol. The summed E-state index contributed by atoms with van der Waals surface area (Å²) in [5.41, 5.74) is 0.219. The number of carbonyl (C=O) groups excluding carboxylic acids is 1. The number of rotatable bonds is 1. The quantitative estimate of drug-likeness (QED) is 0.743. The van der Waals surface area contributed by atoms with E-state index in [2.05, 4.69) is 6.92 Å². The number of ether oxygens (including phenoxy) is 1. The molecule has 134 valence electrons. The molecule has 0 aromatic heterocycles. The topological polar surface area (TPSA) is 46.5 Å². The van der Waals surface area contributed by atoms with E-state index in [1.165, 1.54) is 38.5 Å². The van der Waals surface area contributed by atoms with Gasteiger partial charge in [0.1, 0.15) is 6.10 Å². The van der Waals surface area contributed by atoms with E-state index >= 15 is 0 Å². The molecule has 5 aliphatic rings. The fraction of sp³-hybridized carbons (Fsp3) is 0.952. The Kier molecular flexibility index (Phi) is 3.41. The molecule has 0 bridgehead atoms. The molecule has 0 saturated heterocycles. The van der Waals surface area contributed by atoms with Crippen LogP contribution >= 0.6 is 0 Å². The van der Waals surface area contributed by atoms with Crippen molar-refractivity contribution < 1.29 is 14.6 Å². The van der Waals surface area contributed by atoms with Crippen molar-refractivity contribution in [3.63, 3.8) is 0 Å². The Hall–Kier alpha value is -0.570. The third kappa shape index (κ3) is 2.09. The maximum Gasteiger partial charge on any atom is 0.302 e. The van der Waals surface area contributed by atoms with Gasteiger partial charge >= 0.3 is 5.97 Å². The molecule has 0 aromatic rings. The summed E-state index contributed by atoms with van der Waals surface area (Å²) in [6.45, 7) is 3.97. The summed E-state index contributed by atoms with van der Waals surface area (Å²) in [5, 5.41) is 10.3. The van der Waals surface area contributed by atoms with Gasteiger partial charge in [0, 0.05) is 12.3 Å². The lowest BCUT2D eigenvalue weighted by molar-refractivity contribution is -0.158. The van der Waals surface area contributed by atoms with Crippen LogP contribution in [-0.4, -0.2) is 23.3 Å². The molecule has 0 heterocycles. The van der Waals surface area contributed by atoms with Crippen molar-refractivity contribution in [2.24, 2.45) is 46.8 Å². The van der Waals surface area contributed by atoms with Gasteiger partial charge in [0.05, 0.1) is 6.10 Å². The summed E-state index contributed by atoms with van der Waals surface area (Å²) in [4.78, 5) is 11.5. The first kappa shape index (κ1) is 15.7. The summed E-state index contributed by atoms with van der Waals surface area (Å²) in [6.07, 6.45) is 10.1. The number of hydrogen-bond acceptors (Lipinski definition) is 3. The van der Waals surface area contributed by atoms with Gasteiger partial charge in [-0.25, -0.2) is 0 Å². The highest BCUT2D eigenvalue weighted by atomic mass is 16.5. The predicted octanol–water partition coefficient (Wildman–Crippen LogP) is 3.79. The van der Waals surface area contributed by atoms with Gasteiger partial charge in [0.15, 0.2) is 0 Å². The molecule has 5 saturated carbocycles. The smallest absolute Gasteiger partial charge is 0.302 e. The molecule has 24 heavy (non-hydrogen) atoms. The van der Waals surface area contributed by atoms with Crippen molar-refractivity contribution in [3.8, 4) is 0 Å². The highest BCUT2D eigenvalue weighted by molar-refractivity contribution is 5.66. The van der Waals surface area contributed by atoms with E-state index in [0.717, 1.165) is 48.3 Å². The summed E-state index contributed by atoms with van der Waals surface area (Å²) >= 11 is 0. The van der Waals surface area contributed by atoms with E-state index in [-0.39, 0.29) is 23.6 Å². The highest BCUT2D eigenvalue weighted by Crippen LogP contribution is 2.67. The van der Waals surface area contributed by atoms with Crippen molar-refractivity contribution in [3.05, 3.63) is 0 Å². The normalized spacial score (nSPS) is 58.0. The van der Waals surface area contributed by atoms with E-state index in [4.69, 9.17) is 4.74 Å². The van der Waals surface area contributed by atoms with Crippen LogP contribution in [-0.2, 0) is 9.53 Å². The number of hydrogen-bond donors (Lipinski definition) is 1. The molecule has 10 atom stereocenters. The average molecular weight is 332 g/mol. The molecule has 3 nitrogen and oxygen atoms in total. The minimum Gasteiger partial charge on any atom is -0.462 e. The van der Waals surface area contributed by atoms with Gasteiger partial charge in [-0.1, -0.05) is 6.92 Å². The van der Waals surface area contributed by atoms with Crippen LogP contribution in [0, 0.1) is 46.8 Å². The van der Waals surface area contributed by atoms with E-state index < -0.39 is 0 Å². The average Bonchev–Trinajstić information content (AvgIpc) is 3.27. The summed E-state index contributed by atoms with van der Waals surface area (Å²) in [7, 11) is 0. The Morgan fingerprint density at radius 2 is 1.83 bits per heavy atom. The molecule has 5 rings (SSSR count). The first-order valence-corrected chi connectivity index (χ1v) is 10.3. The van der Waals surface area contributed by atoms with Crippen LogP contribution in [0.4, 0.5) is 0 Å². The fourth-order valence-electron chi connectivity index (χ4n) is 8.05. The molecule has 0 aliphatic heterocycles. The molecule has 5 aliphatic carbocycles. The van der Waals surface area contributed by atoms with Gasteiger partial charge in [-0.2, -0.15) is 0 Å². The second-order valence-corrected chi connectivity index (χ2v) is 9.94. The van der Waals surface area contributed by atoms with Crippen molar-refractivity contribution in [1.29, 1.82) is 0 Å². The fourth-order valence-corrected chi connectivity index (χ4v) is 8.05. The molecule has 0 radical (unpaired) electrons. The number of esters is 1. The first-order valence-electron chi connectivity index (χ1n) is 10.3. The van der Waals surface area contributed by atoms with Gasteiger partial charge in [0.2, 0.25) is 0 Å². The maximum atomic E-state index is 11.5. The first-order chi connectivity index (χ1) is 11.5. The number of aliphatic hydroxyl groups is 1. The largest absolute Gasteiger partial charge is 0.462 e. The summed E-state index contributed by atoms with van der Waals surface area (Å²) in [5.74, 6) is 5.55. The van der Waals surface area contributed by atoms with Gasteiger partial charge in [-0.05, 0) is 92.8 Å². The Labute approximate surface area is 145 Å². The van der Waals surface area contributed by atoms with Crippen LogP contribution in [0.2, 0.25) is 0 Å². The molecular formula is C21H32O3. The molecule has 5 fully saturated rings. The molecular weight excluding hydrogens is 300 g/mol. The monoisotopic (exact) mass is 332 g/mol. The van der Waals surface area contributed by atoms with Crippen molar-refractivity contribution in [2.75, 3.05) is 0 Å². The number of fused-ring (bicyclic) bond motifs is 7. The van der Waals surface area contributed by atoms with Gasteiger partial charge in [-0.15, -0.1) is 0 Å². The van der Waals surface area contributed by atoms with Crippen LogP contribution in [0.5, 0.6) is 0 Å². The van der Waals surface area contributed by atoms with Crippen LogP contribution in [0.3, 0.4) is 0 Å². The van der Waals surface area contributed by atoms with Crippen molar-refractivity contribution in [2.45, 2.75) is 77.4 Å².